The van der Waals surface area contributed by atoms with E-state index in [1.165, 1.54) is 64.5 Å². The Balaban J connectivity index is 3.88. The molecule has 0 N–H and O–H groups in total. The van der Waals surface area contributed by atoms with Gasteiger partial charge in [-0.05, 0) is 78.6 Å². The van der Waals surface area contributed by atoms with Gasteiger partial charge in [0.1, 0.15) is 0 Å². The van der Waals surface area contributed by atoms with Crippen LogP contribution in [0.5, 0.6) is 0 Å². The average molecular weight is 583 g/mol. The fourth-order valence-corrected chi connectivity index (χ4v) is 5.32. The first-order valence-electron chi connectivity index (χ1n) is 17.6. The summed E-state index contributed by atoms with van der Waals surface area (Å²) in [5.74, 6) is 0.210. The topological polar surface area (TPSA) is 59.1 Å². The quantitative estimate of drug-likeness (QED) is 0.0624. The van der Waals surface area contributed by atoms with Gasteiger partial charge in [0.05, 0.1) is 25.0 Å². The molecule has 0 rings (SSSR count). The van der Waals surface area contributed by atoms with Gasteiger partial charge in [0.15, 0.2) is 0 Å². The number of likely N-dealkylation sites (N-methyl/N-ethyl adjacent to an activating group) is 1. The lowest BCUT2D eigenvalue weighted by Gasteiger charge is -2.24. The maximum absolute atomic E-state index is 12.2. The summed E-state index contributed by atoms with van der Waals surface area (Å²) >= 11 is 0. The smallest absolute Gasteiger partial charge is 0.308 e. The first-order valence-corrected chi connectivity index (χ1v) is 17.6. The lowest BCUT2D eigenvalue weighted by molar-refractivity contribution is -0.150. The van der Waals surface area contributed by atoms with Crippen molar-refractivity contribution >= 4 is 11.9 Å². The summed E-state index contributed by atoms with van der Waals surface area (Å²) in [6.45, 7) is 14.3. The van der Waals surface area contributed by atoms with Crippen molar-refractivity contribution in [1.29, 1.82) is 0 Å². The van der Waals surface area contributed by atoms with Crippen molar-refractivity contribution in [2.75, 3.05) is 53.5 Å². The number of carbonyl (C=O) groups is 2. The van der Waals surface area contributed by atoms with Gasteiger partial charge in [0, 0.05) is 13.1 Å². The van der Waals surface area contributed by atoms with Gasteiger partial charge in [-0.2, -0.15) is 0 Å². The minimum absolute atomic E-state index is 0.00745. The third kappa shape index (κ3) is 24.0. The number of hydrogen-bond acceptors (Lipinski definition) is 6. The number of hydrogen-bond donors (Lipinski definition) is 0. The van der Waals surface area contributed by atoms with Crippen LogP contribution in [-0.2, 0) is 19.1 Å². The Labute approximate surface area is 255 Å². The molecule has 0 aliphatic carbocycles. The number of rotatable bonds is 30. The molecule has 0 aromatic rings. The van der Waals surface area contributed by atoms with Crippen LogP contribution in [0.2, 0.25) is 0 Å². The molecule has 0 amide bonds. The van der Waals surface area contributed by atoms with Crippen LogP contribution in [-0.4, -0.2) is 75.2 Å². The molecule has 244 valence electrons. The van der Waals surface area contributed by atoms with E-state index >= 15 is 0 Å². The first-order chi connectivity index (χ1) is 19.9. The molecule has 0 aromatic heterocycles. The zero-order valence-corrected chi connectivity index (χ0v) is 28.4. The highest BCUT2D eigenvalue weighted by molar-refractivity contribution is 5.72. The normalized spacial score (nSPS) is 13.1. The van der Waals surface area contributed by atoms with Gasteiger partial charge in [-0.1, -0.05) is 98.3 Å². The zero-order chi connectivity index (χ0) is 30.6. The van der Waals surface area contributed by atoms with Gasteiger partial charge in [0.2, 0.25) is 0 Å². The molecule has 0 saturated heterocycles. The molecule has 2 atom stereocenters. The van der Waals surface area contributed by atoms with Crippen molar-refractivity contribution in [3.8, 4) is 0 Å². The number of nitrogens with zero attached hydrogens (tertiary/aromatic N) is 2. The van der Waals surface area contributed by atoms with Gasteiger partial charge in [0.25, 0.3) is 0 Å². The van der Waals surface area contributed by atoms with E-state index in [4.69, 9.17) is 9.47 Å². The lowest BCUT2D eigenvalue weighted by atomic mass is 10.00. The highest BCUT2D eigenvalue weighted by atomic mass is 16.5. The Morgan fingerprint density at radius 3 is 1.37 bits per heavy atom. The summed E-state index contributed by atoms with van der Waals surface area (Å²) in [4.78, 5) is 29.2. The van der Waals surface area contributed by atoms with Crippen LogP contribution >= 0.6 is 0 Å². The van der Waals surface area contributed by atoms with E-state index in [0.29, 0.717) is 13.2 Å². The fraction of sp³-hybridized carbons (Fsp3) is 0.943. The second-order valence-electron chi connectivity index (χ2n) is 12.4. The molecule has 0 radical (unpaired) electrons. The van der Waals surface area contributed by atoms with Crippen molar-refractivity contribution in [3.05, 3.63) is 0 Å². The second kappa shape index (κ2) is 29.0. The minimum Gasteiger partial charge on any atom is -0.465 e. The second-order valence-corrected chi connectivity index (χ2v) is 12.4. The maximum atomic E-state index is 12.2. The SMILES string of the molecule is CCCCC(CC)C(=O)OCCCCCCCCN(CCCCCCCCOC(=O)C(CC)CCC)CCN(C)C. The van der Waals surface area contributed by atoms with Crippen molar-refractivity contribution in [1.82, 2.24) is 9.80 Å². The molecule has 6 nitrogen and oxygen atoms in total. The molecule has 0 aromatic carbocycles. The van der Waals surface area contributed by atoms with Gasteiger partial charge in [-0.25, -0.2) is 0 Å². The third-order valence-electron chi connectivity index (χ3n) is 8.28. The summed E-state index contributed by atoms with van der Waals surface area (Å²) < 4.78 is 11.0. The van der Waals surface area contributed by atoms with E-state index < -0.39 is 0 Å². The monoisotopic (exact) mass is 583 g/mol. The summed E-state index contributed by atoms with van der Waals surface area (Å²) in [5, 5.41) is 0. The van der Waals surface area contributed by atoms with E-state index in [-0.39, 0.29) is 23.8 Å². The van der Waals surface area contributed by atoms with Crippen LogP contribution in [0.1, 0.15) is 150 Å². The predicted octanol–water partition coefficient (Wildman–Crippen LogP) is 8.66. The van der Waals surface area contributed by atoms with Crippen molar-refractivity contribution < 1.29 is 19.1 Å². The van der Waals surface area contributed by atoms with Crippen LogP contribution in [0.3, 0.4) is 0 Å². The van der Waals surface area contributed by atoms with Crippen LogP contribution in [0.15, 0.2) is 0 Å². The van der Waals surface area contributed by atoms with Crippen molar-refractivity contribution in [2.45, 2.75) is 150 Å². The van der Waals surface area contributed by atoms with Crippen LogP contribution < -0.4 is 0 Å². The summed E-state index contributed by atoms with van der Waals surface area (Å²) in [6.07, 6.45) is 21.4. The summed E-state index contributed by atoms with van der Waals surface area (Å²) in [5.41, 5.74) is 0. The van der Waals surface area contributed by atoms with E-state index in [1.807, 2.05) is 0 Å². The Bertz CT molecular complexity index is 599. The average Bonchev–Trinajstić information content (AvgIpc) is 2.96. The van der Waals surface area contributed by atoms with Crippen LogP contribution in [0.4, 0.5) is 0 Å². The zero-order valence-electron chi connectivity index (χ0n) is 28.4. The summed E-state index contributed by atoms with van der Waals surface area (Å²) in [7, 11) is 4.32. The Morgan fingerprint density at radius 2 is 0.951 bits per heavy atom. The molecule has 0 saturated carbocycles. The van der Waals surface area contributed by atoms with E-state index in [9.17, 15) is 9.59 Å². The Morgan fingerprint density at radius 1 is 0.512 bits per heavy atom. The molecule has 6 heteroatoms. The molecule has 0 aliphatic rings. The molecule has 41 heavy (non-hydrogen) atoms. The molecular formula is C35H70N2O4. The molecule has 0 bridgehead atoms. The van der Waals surface area contributed by atoms with E-state index in [2.05, 4.69) is 51.6 Å². The van der Waals surface area contributed by atoms with Gasteiger partial charge in [-0.15, -0.1) is 0 Å². The first kappa shape index (κ1) is 39.9. The molecule has 0 heterocycles. The number of carbonyl (C=O) groups excluding carboxylic acids is 2. The molecular weight excluding hydrogens is 512 g/mol. The van der Waals surface area contributed by atoms with Crippen molar-refractivity contribution in [2.24, 2.45) is 11.8 Å². The number of unbranched alkanes of at least 4 members (excludes halogenated alkanes) is 11. The maximum Gasteiger partial charge on any atom is 0.308 e. The highest BCUT2D eigenvalue weighted by Gasteiger charge is 2.17. The Kier molecular flexibility index (Phi) is 28.2. The van der Waals surface area contributed by atoms with Crippen molar-refractivity contribution in [3.63, 3.8) is 0 Å². The minimum atomic E-state index is 0.00745. The highest BCUT2D eigenvalue weighted by Crippen LogP contribution is 2.16. The van der Waals surface area contributed by atoms with Crippen LogP contribution in [0.25, 0.3) is 0 Å². The van der Waals surface area contributed by atoms with E-state index in [0.717, 1.165) is 83.7 Å². The summed E-state index contributed by atoms with van der Waals surface area (Å²) in [6, 6.07) is 0. The van der Waals surface area contributed by atoms with Crippen LogP contribution in [0, 0.1) is 11.8 Å². The predicted molar refractivity (Wildman–Crippen MR) is 174 cm³/mol. The van der Waals surface area contributed by atoms with E-state index in [1.54, 1.807) is 0 Å². The number of ether oxygens (including phenoxy) is 2. The van der Waals surface area contributed by atoms with Gasteiger partial charge < -0.3 is 19.3 Å². The standard InChI is InChI=1S/C35H70N2O4/c1-7-11-25-33(10-4)35(39)41-31-23-19-15-13-17-21-27-37(29-28-36(5)6)26-20-16-12-14-18-22-30-40-34(38)32(9-3)24-8-2/h32-33H,7-31H2,1-6H3. The van der Waals surface area contributed by atoms with Gasteiger partial charge >= 0.3 is 11.9 Å². The molecule has 2 unspecified atom stereocenters. The third-order valence-corrected chi connectivity index (χ3v) is 8.28. The molecule has 0 aliphatic heterocycles. The largest absolute Gasteiger partial charge is 0.465 e. The molecule has 0 spiro atoms. The lowest BCUT2D eigenvalue weighted by Crippen LogP contribution is -2.33. The Hall–Kier alpha value is -1.14. The molecule has 0 fully saturated rings. The fourth-order valence-electron chi connectivity index (χ4n) is 5.32. The van der Waals surface area contributed by atoms with Gasteiger partial charge in [-0.3, -0.25) is 9.59 Å². The number of esters is 2.